The van der Waals surface area contributed by atoms with Crippen LogP contribution in [-0.2, 0) is 6.42 Å². The van der Waals surface area contributed by atoms with Crippen molar-refractivity contribution in [3.63, 3.8) is 0 Å². The summed E-state index contributed by atoms with van der Waals surface area (Å²) in [5, 5.41) is 1.21. The van der Waals surface area contributed by atoms with E-state index in [2.05, 4.69) is 44.0 Å². The van der Waals surface area contributed by atoms with Gasteiger partial charge in [0.05, 0.1) is 30.6 Å². The highest BCUT2D eigenvalue weighted by atomic mass is 16.5. The van der Waals surface area contributed by atoms with Crippen molar-refractivity contribution in [2.24, 2.45) is 4.99 Å². The van der Waals surface area contributed by atoms with Crippen molar-refractivity contribution in [2.45, 2.75) is 27.2 Å². The van der Waals surface area contributed by atoms with Crippen LogP contribution < -0.4 is 4.74 Å². The number of ether oxygens (including phenoxy) is 1. The molecule has 3 nitrogen and oxygen atoms in total. The van der Waals surface area contributed by atoms with E-state index in [0.717, 1.165) is 41.2 Å². The molecule has 3 heteroatoms. The summed E-state index contributed by atoms with van der Waals surface area (Å²) < 4.78 is 5.43. The molecule has 2 heterocycles. The molecule has 0 unspecified atom stereocenters. The molecule has 0 radical (unpaired) electrons. The van der Waals surface area contributed by atoms with Crippen molar-refractivity contribution in [2.75, 3.05) is 13.7 Å². The zero-order valence-electron chi connectivity index (χ0n) is 13.0. The first-order valence-electron chi connectivity index (χ1n) is 7.33. The molecule has 0 saturated carbocycles. The van der Waals surface area contributed by atoms with Gasteiger partial charge in [-0.3, -0.25) is 4.99 Å². The zero-order chi connectivity index (χ0) is 15.0. The smallest absolute Gasteiger partial charge is 0.123 e. The minimum Gasteiger partial charge on any atom is -0.496 e. The Morgan fingerprint density at radius 1 is 1.24 bits per heavy atom. The van der Waals surface area contributed by atoms with Crippen LogP contribution in [0.4, 0.5) is 0 Å². The first kappa shape index (κ1) is 13.8. The maximum Gasteiger partial charge on any atom is 0.123 e. The van der Waals surface area contributed by atoms with Gasteiger partial charge >= 0.3 is 0 Å². The van der Waals surface area contributed by atoms with Crippen LogP contribution in [0.3, 0.4) is 0 Å². The molecule has 1 aliphatic rings. The van der Waals surface area contributed by atoms with E-state index in [1.807, 2.05) is 6.07 Å². The van der Waals surface area contributed by atoms with Crippen LogP contribution in [0.25, 0.3) is 10.9 Å². The molecule has 0 bridgehead atoms. The van der Waals surface area contributed by atoms with Crippen LogP contribution in [0.15, 0.2) is 34.8 Å². The quantitative estimate of drug-likeness (QED) is 0.855. The lowest BCUT2D eigenvalue weighted by Gasteiger charge is -2.12. The summed E-state index contributed by atoms with van der Waals surface area (Å²) in [6.45, 7) is 7.13. The van der Waals surface area contributed by atoms with Gasteiger partial charge in [0, 0.05) is 10.9 Å². The fraction of sp³-hybridized carbons (Fsp3) is 0.333. The minimum atomic E-state index is 0.785. The number of rotatable bonds is 3. The molecule has 0 N–H and O–H groups in total. The lowest BCUT2D eigenvalue weighted by Crippen LogP contribution is -2.03. The second-order valence-electron chi connectivity index (χ2n) is 5.50. The van der Waals surface area contributed by atoms with Crippen LogP contribution in [-0.4, -0.2) is 24.4 Å². The number of aryl methyl sites for hydroxylation is 2. The molecule has 0 aliphatic carbocycles. The van der Waals surface area contributed by atoms with E-state index in [4.69, 9.17) is 9.72 Å². The number of pyridine rings is 1. The number of fused-ring (bicyclic) bond motifs is 1. The Labute approximate surface area is 125 Å². The Morgan fingerprint density at radius 2 is 2.05 bits per heavy atom. The van der Waals surface area contributed by atoms with E-state index in [9.17, 15) is 0 Å². The fourth-order valence-corrected chi connectivity index (χ4v) is 2.81. The Bertz CT molecular complexity index is 772. The summed E-state index contributed by atoms with van der Waals surface area (Å²) in [6, 6.07) is 6.30. The minimum absolute atomic E-state index is 0.785. The number of benzene rings is 1. The molecule has 0 spiro atoms. The van der Waals surface area contributed by atoms with Crippen molar-refractivity contribution >= 4 is 16.6 Å². The fourth-order valence-electron chi connectivity index (χ4n) is 2.81. The number of hydrogen-bond donors (Lipinski definition) is 0. The molecule has 1 aliphatic heterocycles. The lowest BCUT2D eigenvalue weighted by atomic mass is 10.0. The lowest BCUT2D eigenvalue weighted by molar-refractivity contribution is 0.412. The molecule has 1 aromatic heterocycles. The SMILES string of the molecule is CCc1cc(C2=NCC(C)=C2)nc2c(C)c(OC)ccc12. The number of nitrogens with zero attached hydrogens (tertiary/aromatic N) is 2. The predicted molar refractivity (Wildman–Crippen MR) is 87.6 cm³/mol. The standard InChI is InChI=1S/C18H20N2O/c1-5-13-9-16(15-8-11(2)10-19-15)20-18-12(3)17(21-4)7-6-14(13)18/h6-9H,5,10H2,1-4H3. The van der Waals surface area contributed by atoms with Crippen molar-refractivity contribution in [1.82, 2.24) is 4.98 Å². The first-order chi connectivity index (χ1) is 10.1. The molecule has 0 saturated heterocycles. The maximum absolute atomic E-state index is 5.43. The second-order valence-corrected chi connectivity index (χ2v) is 5.50. The summed E-state index contributed by atoms with van der Waals surface area (Å²) in [5.41, 5.74) is 6.66. The van der Waals surface area contributed by atoms with Gasteiger partial charge in [0.1, 0.15) is 5.75 Å². The van der Waals surface area contributed by atoms with Gasteiger partial charge in [-0.05, 0) is 55.7 Å². The summed E-state index contributed by atoms with van der Waals surface area (Å²) in [5.74, 6) is 0.884. The molecule has 108 valence electrons. The Kier molecular flexibility index (Phi) is 3.50. The summed E-state index contributed by atoms with van der Waals surface area (Å²) in [4.78, 5) is 9.42. The van der Waals surface area contributed by atoms with E-state index in [1.165, 1.54) is 16.5 Å². The highest BCUT2D eigenvalue weighted by Gasteiger charge is 2.14. The maximum atomic E-state index is 5.43. The van der Waals surface area contributed by atoms with Gasteiger partial charge in [-0.25, -0.2) is 4.98 Å². The first-order valence-corrected chi connectivity index (χ1v) is 7.33. The van der Waals surface area contributed by atoms with Crippen LogP contribution in [0.1, 0.15) is 30.7 Å². The summed E-state index contributed by atoms with van der Waals surface area (Å²) in [6.07, 6.45) is 3.11. The monoisotopic (exact) mass is 280 g/mol. The van der Waals surface area contributed by atoms with Crippen molar-refractivity contribution in [1.29, 1.82) is 0 Å². The average Bonchev–Trinajstić information content (AvgIpc) is 2.93. The highest BCUT2D eigenvalue weighted by molar-refractivity contribution is 6.10. The number of methoxy groups -OCH3 is 1. The van der Waals surface area contributed by atoms with Gasteiger partial charge in [0.2, 0.25) is 0 Å². The Balaban J connectivity index is 2.26. The molecule has 0 fully saturated rings. The van der Waals surface area contributed by atoms with Crippen LogP contribution in [0.2, 0.25) is 0 Å². The number of allylic oxidation sites excluding steroid dienone is 1. The molecular formula is C18H20N2O. The Morgan fingerprint density at radius 3 is 2.67 bits per heavy atom. The second kappa shape index (κ2) is 5.32. The van der Waals surface area contributed by atoms with E-state index < -0.39 is 0 Å². The van der Waals surface area contributed by atoms with Gasteiger partial charge in [0.15, 0.2) is 0 Å². The normalized spacial score (nSPS) is 14.3. The van der Waals surface area contributed by atoms with Gasteiger partial charge in [0.25, 0.3) is 0 Å². The summed E-state index contributed by atoms with van der Waals surface area (Å²) >= 11 is 0. The van der Waals surface area contributed by atoms with E-state index in [1.54, 1.807) is 7.11 Å². The van der Waals surface area contributed by atoms with Crippen molar-refractivity contribution in [3.05, 3.63) is 46.7 Å². The molecular weight excluding hydrogens is 260 g/mol. The summed E-state index contributed by atoms with van der Waals surface area (Å²) in [7, 11) is 1.70. The predicted octanol–water partition coefficient (Wildman–Crippen LogP) is 3.86. The van der Waals surface area contributed by atoms with E-state index in [0.29, 0.717) is 0 Å². The third-order valence-electron chi connectivity index (χ3n) is 4.02. The highest BCUT2D eigenvalue weighted by Crippen LogP contribution is 2.29. The van der Waals surface area contributed by atoms with E-state index >= 15 is 0 Å². The van der Waals surface area contributed by atoms with Gasteiger partial charge in [-0.15, -0.1) is 0 Å². The third-order valence-corrected chi connectivity index (χ3v) is 4.02. The number of hydrogen-bond acceptors (Lipinski definition) is 3. The van der Waals surface area contributed by atoms with Crippen LogP contribution >= 0.6 is 0 Å². The molecule has 0 amide bonds. The zero-order valence-corrected chi connectivity index (χ0v) is 13.0. The van der Waals surface area contributed by atoms with Crippen LogP contribution in [0, 0.1) is 6.92 Å². The molecule has 2 aromatic rings. The number of aliphatic imine (C=N–C) groups is 1. The van der Waals surface area contributed by atoms with Crippen LogP contribution in [0.5, 0.6) is 5.75 Å². The Hall–Kier alpha value is -2.16. The average molecular weight is 280 g/mol. The third kappa shape index (κ3) is 2.33. The van der Waals surface area contributed by atoms with Crippen molar-refractivity contribution < 1.29 is 4.74 Å². The van der Waals surface area contributed by atoms with Gasteiger partial charge in [-0.1, -0.05) is 6.92 Å². The topological polar surface area (TPSA) is 34.5 Å². The molecule has 21 heavy (non-hydrogen) atoms. The number of aromatic nitrogens is 1. The van der Waals surface area contributed by atoms with Crippen molar-refractivity contribution in [3.8, 4) is 5.75 Å². The molecule has 0 atom stereocenters. The largest absolute Gasteiger partial charge is 0.496 e. The van der Waals surface area contributed by atoms with E-state index in [-0.39, 0.29) is 0 Å². The van der Waals surface area contributed by atoms with Gasteiger partial charge < -0.3 is 4.74 Å². The van der Waals surface area contributed by atoms with Gasteiger partial charge in [-0.2, -0.15) is 0 Å². The molecule has 1 aromatic carbocycles. The molecule has 3 rings (SSSR count).